The summed E-state index contributed by atoms with van der Waals surface area (Å²) in [5, 5.41) is 14.7. The van der Waals surface area contributed by atoms with Crippen LogP contribution < -0.4 is 9.64 Å². The molecule has 5 rings (SSSR count). The fourth-order valence-electron chi connectivity index (χ4n) is 6.75. The molecule has 0 aliphatic heterocycles. The van der Waals surface area contributed by atoms with Gasteiger partial charge in [-0.3, -0.25) is 9.48 Å². The second-order valence-electron chi connectivity index (χ2n) is 12.7. The summed E-state index contributed by atoms with van der Waals surface area (Å²) in [4.78, 5) is 18.3. The smallest absolute Gasteiger partial charge is 0.230 e. The van der Waals surface area contributed by atoms with E-state index in [2.05, 4.69) is 84.6 Å². The van der Waals surface area contributed by atoms with Gasteiger partial charge in [0.25, 0.3) is 0 Å². The van der Waals surface area contributed by atoms with Crippen molar-refractivity contribution in [2.24, 2.45) is 11.8 Å². The number of aryl methyl sites for hydroxylation is 1. The van der Waals surface area contributed by atoms with E-state index < -0.39 is 0 Å². The van der Waals surface area contributed by atoms with Gasteiger partial charge in [0.1, 0.15) is 5.75 Å². The van der Waals surface area contributed by atoms with Gasteiger partial charge in [-0.05, 0) is 119 Å². The number of benzene rings is 2. The van der Waals surface area contributed by atoms with Gasteiger partial charge in [0.05, 0.1) is 26.0 Å². The number of aromatic nitrogens is 2. The van der Waals surface area contributed by atoms with Gasteiger partial charge in [-0.2, -0.15) is 5.10 Å². The molecule has 0 unspecified atom stereocenters. The number of carbonyl (C=O) groups is 1. The quantitative estimate of drug-likeness (QED) is 0.309. The molecule has 0 saturated heterocycles. The molecule has 2 fully saturated rings. The third kappa shape index (κ3) is 7.42. The maximum atomic E-state index is 14.1. The molecule has 7 nitrogen and oxygen atoms in total. The van der Waals surface area contributed by atoms with Crippen LogP contribution in [0, 0.1) is 18.8 Å². The third-order valence-electron chi connectivity index (χ3n) is 9.39. The Morgan fingerprint density at radius 2 is 1.76 bits per heavy atom. The number of likely N-dealkylation sites (N-methyl/N-ethyl adjacent to an activating group) is 1. The number of nitrogens with zero attached hydrogens (tertiary/aromatic N) is 4. The van der Waals surface area contributed by atoms with Gasteiger partial charge in [-0.25, -0.2) is 0 Å². The minimum atomic E-state index is -0.272. The van der Waals surface area contributed by atoms with Crippen LogP contribution in [0.5, 0.6) is 5.75 Å². The first-order valence-corrected chi connectivity index (χ1v) is 15.7. The van der Waals surface area contributed by atoms with E-state index in [9.17, 15) is 9.90 Å². The molecule has 0 radical (unpaired) electrons. The normalized spacial score (nSPS) is 22.7. The molecule has 1 aromatic heterocycles. The highest BCUT2D eigenvalue weighted by Crippen LogP contribution is 2.39. The van der Waals surface area contributed by atoms with Crippen LogP contribution in [0.25, 0.3) is 11.1 Å². The van der Waals surface area contributed by atoms with Gasteiger partial charge < -0.3 is 19.6 Å². The Morgan fingerprint density at radius 1 is 1.00 bits per heavy atom. The molecule has 1 N–H and O–H groups in total. The first-order chi connectivity index (χ1) is 20.3. The SMILES string of the molecule is COc1ccc(C2CCC(CN(C(=O)C3CCC(O)CC3)c3cccc(-c4cnn(CCN(C)C)c4)c3)CC2)cc1C. The van der Waals surface area contributed by atoms with Crippen molar-refractivity contribution in [3.05, 3.63) is 66.0 Å². The van der Waals surface area contributed by atoms with E-state index in [-0.39, 0.29) is 17.9 Å². The Balaban J connectivity index is 1.32. The lowest BCUT2D eigenvalue weighted by Crippen LogP contribution is -2.41. The van der Waals surface area contributed by atoms with Crippen molar-refractivity contribution in [3.63, 3.8) is 0 Å². The lowest BCUT2D eigenvalue weighted by Gasteiger charge is -2.36. The van der Waals surface area contributed by atoms with Crippen molar-refractivity contribution in [2.75, 3.05) is 39.2 Å². The van der Waals surface area contributed by atoms with Crippen molar-refractivity contribution in [2.45, 2.75) is 76.9 Å². The number of aliphatic hydroxyl groups is 1. The summed E-state index contributed by atoms with van der Waals surface area (Å²) in [7, 11) is 5.86. The molecule has 42 heavy (non-hydrogen) atoms. The van der Waals surface area contributed by atoms with Crippen LogP contribution >= 0.6 is 0 Å². The predicted molar refractivity (Wildman–Crippen MR) is 169 cm³/mol. The number of anilines is 1. The Bertz CT molecular complexity index is 1320. The molecule has 0 atom stereocenters. The standard InChI is InChI=1S/C35H48N4O3/c1-25-20-30(14-17-34(25)42-4)27-10-8-26(9-11-27)23-39(35(41)28-12-15-33(40)16-13-28)32-7-5-6-29(21-32)31-22-36-38(24-31)19-18-37(2)3/h5-7,14,17,20-22,24,26-28,33,40H,8-13,15-16,18-19,23H2,1-4H3. The van der Waals surface area contributed by atoms with E-state index in [1.165, 1.54) is 11.1 Å². The average molecular weight is 573 g/mol. The lowest BCUT2D eigenvalue weighted by atomic mass is 9.78. The minimum Gasteiger partial charge on any atom is -0.496 e. The van der Waals surface area contributed by atoms with E-state index in [0.29, 0.717) is 24.7 Å². The maximum absolute atomic E-state index is 14.1. The zero-order chi connectivity index (χ0) is 29.6. The largest absolute Gasteiger partial charge is 0.496 e. The van der Waals surface area contributed by atoms with Gasteiger partial charge in [0.2, 0.25) is 5.91 Å². The molecule has 0 bridgehead atoms. The summed E-state index contributed by atoms with van der Waals surface area (Å²) in [6.45, 7) is 4.63. The van der Waals surface area contributed by atoms with E-state index in [4.69, 9.17) is 4.74 Å². The number of aliphatic hydroxyl groups excluding tert-OH is 1. The van der Waals surface area contributed by atoms with Crippen LogP contribution in [0.2, 0.25) is 0 Å². The van der Waals surface area contributed by atoms with E-state index in [0.717, 1.165) is 80.7 Å². The van der Waals surface area contributed by atoms with Gasteiger partial charge in [0, 0.05) is 36.5 Å². The van der Waals surface area contributed by atoms with Crippen molar-refractivity contribution >= 4 is 11.6 Å². The van der Waals surface area contributed by atoms with Gasteiger partial charge in [-0.1, -0.05) is 24.3 Å². The van der Waals surface area contributed by atoms with Crippen LogP contribution in [-0.4, -0.2) is 66.1 Å². The molecule has 1 amide bonds. The third-order valence-corrected chi connectivity index (χ3v) is 9.39. The average Bonchev–Trinajstić information content (AvgIpc) is 3.48. The summed E-state index contributed by atoms with van der Waals surface area (Å²) in [6.07, 6.45) is 11.2. The second-order valence-corrected chi connectivity index (χ2v) is 12.7. The topological polar surface area (TPSA) is 70.8 Å². The molecule has 2 aromatic carbocycles. The first kappa shape index (κ1) is 30.3. The number of ether oxygens (including phenoxy) is 1. The Hall–Kier alpha value is -3.16. The summed E-state index contributed by atoms with van der Waals surface area (Å²) in [5.74, 6) is 2.16. The molecular weight excluding hydrogens is 524 g/mol. The van der Waals surface area contributed by atoms with Crippen molar-refractivity contribution in [1.29, 1.82) is 0 Å². The number of methoxy groups -OCH3 is 1. The van der Waals surface area contributed by atoms with Crippen LogP contribution in [0.4, 0.5) is 5.69 Å². The van der Waals surface area contributed by atoms with Gasteiger partial charge in [0.15, 0.2) is 0 Å². The first-order valence-electron chi connectivity index (χ1n) is 15.7. The van der Waals surface area contributed by atoms with E-state index >= 15 is 0 Å². The predicted octanol–water partition coefficient (Wildman–Crippen LogP) is 6.29. The fraction of sp³-hybridized carbons (Fsp3) is 0.543. The van der Waals surface area contributed by atoms with E-state index in [1.54, 1.807) is 7.11 Å². The summed E-state index contributed by atoms with van der Waals surface area (Å²) in [5.41, 5.74) is 5.71. The number of carbonyl (C=O) groups excluding carboxylic acids is 1. The van der Waals surface area contributed by atoms with E-state index in [1.807, 2.05) is 10.9 Å². The lowest BCUT2D eigenvalue weighted by molar-refractivity contribution is -0.124. The van der Waals surface area contributed by atoms with Crippen LogP contribution in [-0.2, 0) is 11.3 Å². The van der Waals surface area contributed by atoms with Gasteiger partial charge >= 0.3 is 0 Å². The van der Waals surface area contributed by atoms with Crippen LogP contribution in [0.15, 0.2) is 54.9 Å². The molecule has 0 spiro atoms. The highest BCUT2D eigenvalue weighted by Gasteiger charge is 2.32. The Labute approximate surface area is 251 Å². The summed E-state index contributed by atoms with van der Waals surface area (Å²) >= 11 is 0. The van der Waals surface area contributed by atoms with Crippen molar-refractivity contribution in [1.82, 2.24) is 14.7 Å². The highest BCUT2D eigenvalue weighted by atomic mass is 16.5. The summed E-state index contributed by atoms with van der Waals surface area (Å²) < 4.78 is 7.45. The summed E-state index contributed by atoms with van der Waals surface area (Å²) in [6, 6.07) is 15.0. The zero-order valence-electron chi connectivity index (χ0n) is 25.8. The molecule has 2 aliphatic carbocycles. The maximum Gasteiger partial charge on any atom is 0.230 e. The van der Waals surface area contributed by atoms with Gasteiger partial charge in [-0.15, -0.1) is 0 Å². The molecule has 7 heteroatoms. The molecule has 2 saturated carbocycles. The number of hydrogen-bond acceptors (Lipinski definition) is 5. The number of amides is 1. The highest BCUT2D eigenvalue weighted by molar-refractivity contribution is 5.95. The molecule has 3 aromatic rings. The molecule has 226 valence electrons. The Kier molecular flexibility index (Phi) is 10.0. The van der Waals surface area contributed by atoms with Crippen LogP contribution in [0.3, 0.4) is 0 Å². The van der Waals surface area contributed by atoms with Crippen LogP contribution in [0.1, 0.15) is 68.4 Å². The monoisotopic (exact) mass is 572 g/mol. The second kappa shape index (κ2) is 13.9. The number of rotatable bonds is 10. The van der Waals surface area contributed by atoms with Crippen molar-refractivity contribution in [3.8, 4) is 16.9 Å². The number of hydrogen-bond donors (Lipinski definition) is 1. The molecular formula is C35H48N4O3. The zero-order valence-corrected chi connectivity index (χ0v) is 25.8. The molecule has 1 heterocycles. The molecule has 2 aliphatic rings. The Morgan fingerprint density at radius 3 is 2.45 bits per heavy atom. The van der Waals surface area contributed by atoms with Crippen molar-refractivity contribution < 1.29 is 14.6 Å². The fourth-order valence-corrected chi connectivity index (χ4v) is 6.75. The minimum absolute atomic E-state index is 0.0237.